The summed E-state index contributed by atoms with van der Waals surface area (Å²) in [6.07, 6.45) is 7.04. The van der Waals surface area contributed by atoms with Crippen LogP contribution in [0.15, 0.2) is 0 Å². The van der Waals surface area contributed by atoms with Crippen molar-refractivity contribution in [3.05, 3.63) is 0 Å². The van der Waals surface area contributed by atoms with Crippen molar-refractivity contribution in [3.63, 3.8) is 0 Å². The zero-order chi connectivity index (χ0) is 13.1. The molecule has 17 heavy (non-hydrogen) atoms. The van der Waals surface area contributed by atoms with E-state index in [4.69, 9.17) is 10.5 Å². The molecule has 102 valence electrons. The van der Waals surface area contributed by atoms with Gasteiger partial charge in [-0.05, 0) is 49.9 Å². The highest BCUT2D eigenvalue weighted by Gasteiger charge is 2.39. The van der Waals surface area contributed by atoms with Gasteiger partial charge in [0.05, 0.1) is 5.60 Å². The lowest BCUT2D eigenvalue weighted by Crippen LogP contribution is -2.51. The highest BCUT2D eigenvalue weighted by molar-refractivity contribution is 4.95. The van der Waals surface area contributed by atoms with E-state index in [-0.39, 0.29) is 11.6 Å². The van der Waals surface area contributed by atoms with Crippen LogP contribution in [0.25, 0.3) is 0 Å². The van der Waals surface area contributed by atoms with Gasteiger partial charge < -0.3 is 10.5 Å². The molecule has 1 saturated carbocycles. The molecule has 1 aliphatic rings. The first-order valence-electron chi connectivity index (χ1n) is 7.10. The Kier molecular flexibility index (Phi) is 5.03. The number of hydrogen-bond acceptors (Lipinski definition) is 2. The standard InChI is InChI=1S/C15H31NO/c1-12-6-10-15(17-5,11-7-12)13(16)8-9-14(2,3)4/h12-13H,6-11,16H2,1-5H3. The number of rotatable bonds is 4. The third kappa shape index (κ3) is 4.26. The SMILES string of the molecule is COC1(C(N)CCC(C)(C)C)CCC(C)CC1. The van der Waals surface area contributed by atoms with Crippen LogP contribution in [-0.4, -0.2) is 18.8 Å². The molecule has 0 saturated heterocycles. The minimum atomic E-state index is -0.0439. The average Bonchev–Trinajstić information content (AvgIpc) is 2.26. The molecule has 2 N–H and O–H groups in total. The van der Waals surface area contributed by atoms with Crippen molar-refractivity contribution in [2.45, 2.75) is 77.9 Å². The zero-order valence-corrected chi connectivity index (χ0v) is 12.4. The van der Waals surface area contributed by atoms with Gasteiger partial charge >= 0.3 is 0 Å². The van der Waals surface area contributed by atoms with E-state index in [1.807, 2.05) is 7.11 Å². The van der Waals surface area contributed by atoms with Gasteiger partial charge in [-0.3, -0.25) is 0 Å². The second-order valence-electron chi connectivity index (χ2n) is 7.16. The summed E-state index contributed by atoms with van der Waals surface area (Å²) in [5.41, 5.74) is 6.75. The summed E-state index contributed by atoms with van der Waals surface area (Å²) in [4.78, 5) is 0. The molecule has 2 heteroatoms. The number of hydrogen-bond donors (Lipinski definition) is 1. The zero-order valence-electron chi connectivity index (χ0n) is 12.4. The van der Waals surface area contributed by atoms with Crippen LogP contribution in [0.2, 0.25) is 0 Å². The maximum Gasteiger partial charge on any atom is 0.0829 e. The van der Waals surface area contributed by atoms with Crippen LogP contribution in [0.1, 0.15) is 66.2 Å². The Bertz CT molecular complexity index is 224. The second-order valence-corrected chi connectivity index (χ2v) is 7.16. The van der Waals surface area contributed by atoms with E-state index in [1.165, 1.54) is 19.3 Å². The molecule has 0 amide bonds. The molecule has 2 nitrogen and oxygen atoms in total. The lowest BCUT2D eigenvalue weighted by Gasteiger charge is -2.43. The Balaban J connectivity index is 2.54. The largest absolute Gasteiger partial charge is 0.377 e. The van der Waals surface area contributed by atoms with Crippen LogP contribution in [0.5, 0.6) is 0 Å². The summed E-state index contributed by atoms with van der Waals surface area (Å²) < 4.78 is 5.83. The van der Waals surface area contributed by atoms with Gasteiger partial charge in [-0.2, -0.15) is 0 Å². The summed E-state index contributed by atoms with van der Waals surface area (Å²) in [5, 5.41) is 0. The van der Waals surface area contributed by atoms with E-state index in [0.717, 1.165) is 25.2 Å². The van der Waals surface area contributed by atoms with Crippen LogP contribution in [0.4, 0.5) is 0 Å². The van der Waals surface area contributed by atoms with Crippen LogP contribution in [-0.2, 0) is 4.74 Å². The van der Waals surface area contributed by atoms with Crippen molar-refractivity contribution in [2.75, 3.05) is 7.11 Å². The average molecular weight is 241 g/mol. The van der Waals surface area contributed by atoms with Gasteiger partial charge in [0.2, 0.25) is 0 Å². The molecule has 1 unspecified atom stereocenters. The predicted octanol–water partition coefficient (Wildman–Crippen LogP) is 3.74. The van der Waals surface area contributed by atoms with Gasteiger partial charge in [0.15, 0.2) is 0 Å². The fraction of sp³-hybridized carbons (Fsp3) is 1.00. The summed E-state index contributed by atoms with van der Waals surface area (Å²) in [6, 6.07) is 0.194. The lowest BCUT2D eigenvalue weighted by atomic mass is 9.73. The highest BCUT2D eigenvalue weighted by atomic mass is 16.5. The first-order chi connectivity index (χ1) is 7.79. The Labute approximate surface area is 107 Å². The van der Waals surface area contributed by atoms with Crippen molar-refractivity contribution in [2.24, 2.45) is 17.1 Å². The Morgan fingerprint density at radius 2 is 1.82 bits per heavy atom. The second kappa shape index (κ2) is 5.71. The van der Waals surface area contributed by atoms with E-state index in [9.17, 15) is 0 Å². The van der Waals surface area contributed by atoms with E-state index >= 15 is 0 Å². The van der Waals surface area contributed by atoms with Gasteiger partial charge in [0.1, 0.15) is 0 Å². The van der Waals surface area contributed by atoms with E-state index in [0.29, 0.717) is 5.41 Å². The highest BCUT2D eigenvalue weighted by Crippen LogP contribution is 2.38. The number of methoxy groups -OCH3 is 1. The van der Waals surface area contributed by atoms with Gasteiger partial charge in [-0.1, -0.05) is 27.7 Å². The molecule has 1 atom stereocenters. The van der Waals surface area contributed by atoms with Crippen molar-refractivity contribution in [1.82, 2.24) is 0 Å². The summed E-state index contributed by atoms with van der Waals surface area (Å²) in [5.74, 6) is 0.841. The molecular weight excluding hydrogens is 210 g/mol. The molecule has 0 aliphatic heterocycles. The molecule has 1 aliphatic carbocycles. The number of nitrogens with two attached hydrogens (primary N) is 1. The maximum absolute atomic E-state index is 6.42. The predicted molar refractivity (Wildman–Crippen MR) is 74.0 cm³/mol. The van der Waals surface area contributed by atoms with Crippen molar-refractivity contribution in [1.29, 1.82) is 0 Å². The van der Waals surface area contributed by atoms with E-state index in [1.54, 1.807) is 0 Å². The van der Waals surface area contributed by atoms with Crippen LogP contribution in [0.3, 0.4) is 0 Å². The van der Waals surface area contributed by atoms with Gasteiger partial charge in [-0.15, -0.1) is 0 Å². The molecule has 0 aromatic carbocycles. The van der Waals surface area contributed by atoms with Gasteiger partial charge in [0.25, 0.3) is 0 Å². The molecule has 0 spiro atoms. The number of ether oxygens (including phenoxy) is 1. The van der Waals surface area contributed by atoms with Crippen LogP contribution < -0.4 is 5.73 Å². The molecule has 1 rings (SSSR count). The summed E-state index contributed by atoms with van der Waals surface area (Å²) in [7, 11) is 1.84. The van der Waals surface area contributed by atoms with Crippen molar-refractivity contribution in [3.8, 4) is 0 Å². The Hall–Kier alpha value is -0.0800. The van der Waals surface area contributed by atoms with Crippen molar-refractivity contribution < 1.29 is 4.74 Å². The summed E-state index contributed by atoms with van der Waals surface area (Å²) >= 11 is 0. The molecule has 0 aromatic rings. The molecule has 0 heterocycles. The third-order valence-corrected chi connectivity index (χ3v) is 4.41. The van der Waals surface area contributed by atoms with Gasteiger partial charge in [-0.25, -0.2) is 0 Å². The molecule has 0 bridgehead atoms. The normalized spacial score (nSPS) is 32.5. The van der Waals surface area contributed by atoms with Crippen LogP contribution >= 0.6 is 0 Å². The Morgan fingerprint density at radius 1 is 1.29 bits per heavy atom. The molecule has 0 radical (unpaired) electrons. The van der Waals surface area contributed by atoms with Gasteiger partial charge in [0, 0.05) is 13.2 Å². The first kappa shape index (κ1) is 15.0. The third-order valence-electron chi connectivity index (χ3n) is 4.41. The van der Waals surface area contributed by atoms with E-state index < -0.39 is 0 Å². The summed E-state index contributed by atoms with van der Waals surface area (Å²) in [6.45, 7) is 9.17. The van der Waals surface area contributed by atoms with Crippen molar-refractivity contribution >= 4 is 0 Å². The topological polar surface area (TPSA) is 35.2 Å². The fourth-order valence-electron chi connectivity index (χ4n) is 2.83. The maximum atomic E-state index is 6.42. The molecule has 1 fully saturated rings. The molecule has 0 aromatic heterocycles. The van der Waals surface area contributed by atoms with E-state index in [2.05, 4.69) is 27.7 Å². The lowest BCUT2D eigenvalue weighted by molar-refractivity contribution is -0.0692. The first-order valence-corrected chi connectivity index (χ1v) is 7.10. The monoisotopic (exact) mass is 241 g/mol. The quantitative estimate of drug-likeness (QED) is 0.814. The molecular formula is C15H31NO. The fourth-order valence-corrected chi connectivity index (χ4v) is 2.83. The minimum Gasteiger partial charge on any atom is -0.377 e. The van der Waals surface area contributed by atoms with Crippen LogP contribution in [0, 0.1) is 11.3 Å². The smallest absolute Gasteiger partial charge is 0.0829 e. The Morgan fingerprint density at radius 3 is 2.24 bits per heavy atom. The minimum absolute atomic E-state index is 0.0439.